The highest BCUT2D eigenvalue weighted by Crippen LogP contribution is 2.32. The fourth-order valence-corrected chi connectivity index (χ4v) is 3.98. The minimum atomic E-state index is -0.698. The van der Waals surface area contributed by atoms with Crippen LogP contribution in [0.15, 0.2) is 35.6 Å². The Hall–Kier alpha value is -3.63. The maximum Gasteiger partial charge on any atom is 0.341 e. The van der Waals surface area contributed by atoms with Crippen molar-refractivity contribution in [1.82, 2.24) is 19.9 Å². The predicted molar refractivity (Wildman–Crippen MR) is 113 cm³/mol. The van der Waals surface area contributed by atoms with E-state index in [1.54, 1.807) is 17.2 Å². The van der Waals surface area contributed by atoms with Crippen molar-refractivity contribution in [3.63, 3.8) is 0 Å². The lowest BCUT2D eigenvalue weighted by atomic mass is 10.0. The van der Waals surface area contributed by atoms with E-state index < -0.39 is 17.7 Å². The molecule has 1 N–H and O–H groups in total. The van der Waals surface area contributed by atoms with E-state index in [-0.39, 0.29) is 29.9 Å². The minimum Gasteiger partial charge on any atom is -0.472 e. The Morgan fingerprint density at radius 2 is 1.91 bits per heavy atom. The Morgan fingerprint density at radius 3 is 2.67 bits per heavy atom. The summed E-state index contributed by atoms with van der Waals surface area (Å²) in [7, 11) is 0. The lowest BCUT2D eigenvalue weighted by Gasteiger charge is -2.27. The molecule has 11 heteroatoms. The molecule has 1 saturated heterocycles. The summed E-state index contributed by atoms with van der Waals surface area (Å²) in [6.45, 7) is 0.749. The van der Waals surface area contributed by atoms with E-state index in [1.807, 2.05) is 0 Å². The maximum absolute atomic E-state index is 13.7. The van der Waals surface area contributed by atoms with Gasteiger partial charge in [-0.2, -0.15) is 10.1 Å². The van der Waals surface area contributed by atoms with Gasteiger partial charge in [0.1, 0.15) is 17.7 Å². The molecule has 3 aliphatic rings. The van der Waals surface area contributed by atoms with Gasteiger partial charge in [-0.25, -0.2) is 23.6 Å². The minimum absolute atomic E-state index is 0.0357. The summed E-state index contributed by atoms with van der Waals surface area (Å²) in [6.07, 6.45) is 5.48. The summed E-state index contributed by atoms with van der Waals surface area (Å²) in [4.78, 5) is 34.8. The van der Waals surface area contributed by atoms with Crippen LogP contribution in [-0.2, 0) is 4.79 Å². The molecule has 172 valence electrons. The molecule has 1 aromatic heterocycles. The molecule has 2 unspecified atom stereocenters. The van der Waals surface area contributed by atoms with Gasteiger partial charge in [0.25, 0.3) is 0 Å². The van der Waals surface area contributed by atoms with Crippen LogP contribution in [0.25, 0.3) is 0 Å². The van der Waals surface area contributed by atoms with E-state index in [2.05, 4.69) is 20.4 Å². The molecule has 2 atom stereocenters. The molecule has 5 rings (SSSR count). The van der Waals surface area contributed by atoms with Crippen molar-refractivity contribution in [3.8, 4) is 5.88 Å². The van der Waals surface area contributed by atoms with Crippen LogP contribution >= 0.6 is 0 Å². The van der Waals surface area contributed by atoms with Gasteiger partial charge in [-0.1, -0.05) is 0 Å². The quantitative estimate of drug-likeness (QED) is 0.745. The number of halogens is 2. The van der Waals surface area contributed by atoms with Gasteiger partial charge >= 0.3 is 6.03 Å². The average Bonchev–Trinajstić information content (AvgIpc) is 3.34. The lowest BCUT2D eigenvalue weighted by Crippen LogP contribution is -2.40. The van der Waals surface area contributed by atoms with Crippen LogP contribution in [0, 0.1) is 17.6 Å². The number of carbonyl (C=O) groups is 2. The highest BCUT2D eigenvalue weighted by atomic mass is 19.1. The van der Waals surface area contributed by atoms with Gasteiger partial charge in [0.05, 0.1) is 12.6 Å². The molecule has 1 saturated carbocycles. The number of hydrazone groups is 1. The van der Waals surface area contributed by atoms with Gasteiger partial charge in [-0.15, -0.1) is 0 Å². The molecular weight excluding hydrogens is 434 g/mol. The number of nitrogens with zero attached hydrogens (tertiary/aromatic N) is 5. The van der Waals surface area contributed by atoms with Crippen LogP contribution in [-0.4, -0.2) is 57.2 Å². The molecule has 9 nitrogen and oxygen atoms in total. The van der Waals surface area contributed by atoms with Crippen LogP contribution in [0.1, 0.15) is 37.3 Å². The van der Waals surface area contributed by atoms with Crippen LogP contribution in [0.2, 0.25) is 0 Å². The molecule has 2 aliphatic heterocycles. The van der Waals surface area contributed by atoms with Crippen LogP contribution < -0.4 is 10.1 Å². The van der Waals surface area contributed by atoms with Crippen molar-refractivity contribution in [2.75, 3.05) is 18.4 Å². The second-order valence-corrected chi connectivity index (χ2v) is 8.34. The van der Waals surface area contributed by atoms with Crippen molar-refractivity contribution in [2.45, 2.75) is 37.8 Å². The van der Waals surface area contributed by atoms with Crippen LogP contribution in [0.3, 0.4) is 0 Å². The summed E-state index contributed by atoms with van der Waals surface area (Å²) in [5, 5.41) is 8.07. The third-order valence-electron chi connectivity index (χ3n) is 5.81. The molecule has 1 aromatic carbocycles. The zero-order chi connectivity index (χ0) is 22.9. The molecule has 2 fully saturated rings. The smallest absolute Gasteiger partial charge is 0.341 e. The second-order valence-electron chi connectivity index (χ2n) is 8.34. The van der Waals surface area contributed by atoms with E-state index in [9.17, 15) is 18.4 Å². The number of rotatable bonds is 5. The second kappa shape index (κ2) is 8.72. The number of amides is 3. The zero-order valence-electron chi connectivity index (χ0n) is 17.7. The maximum atomic E-state index is 13.7. The molecule has 0 bridgehead atoms. The third-order valence-corrected chi connectivity index (χ3v) is 5.81. The van der Waals surface area contributed by atoms with E-state index in [4.69, 9.17) is 4.74 Å². The third kappa shape index (κ3) is 4.76. The number of likely N-dealkylation sites (tertiary alicyclic amines) is 1. The molecule has 33 heavy (non-hydrogen) atoms. The molecule has 2 aromatic rings. The molecule has 0 radical (unpaired) electrons. The van der Waals surface area contributed by atoms with Crippen molar-refractivity contribution in [1.29, 1.82) is 0 Å². The SMILES string of the molecule is O=C(Nc1nccc(OC2CCN(C(=O)N3N=CCC3c3cc(F)cc(F)c3)C2)n1)C1CC1. The molecule has 0 spiro atoms. The van der Waals surface area contributed by atoms with Gasteiger partial charge in [-0.3, -0.25) is 10.1 Å². The van der Waals surface area contributed by atoms with E-state index in [1.165, 1.54) is 23.3 Å². The van der Waals surface area contributed by atoms with Gasteiger partial charge in [-0.05, 0) is 30.5 Å². The Morgan fingerprint density at radius 1 is 1.12 bits per heavy atom. The summed E-state index contributed by atoms with van der Waals surface area (Å²) < 4.78 is 33.2. The molecule has 1 aliphatic carbocycles. The van der Waals surface area contributed by atoms with Crippen molar-refractivity contribution < 1.29 is 23.1 Å². The highest BCUT2D eigenvalue weighted by Gasteiger charge is 2.36. The molecule has 3 heterocycles. The number of nitrogens with one attached hydrogen (secondary N) is 1. The van der Waals surface area contributed by atoms with Crippen molar-refractivity contribution >= 4 is 24.1 Å². The van der Waals surface area contributed by atoms with E-state index in [0.717, 1.165) is 18.9 Å². The Balaban J connectivity index is 1.20. The predicted octanol–water partition coefficient (Wildman–Crippen LogP) is 3.11. The van der Waals surface area contributed by atoms with Gasteiger partial charge in [0.2, 0.25) is 17.7 Å². The zero-order valence-corrected chi connectivity index (χ0v) is 17.7. The van der Waals surface area contributed by atoms with Crippen LogP contribution in [0.5, 0.6) is 5.88 Å². The first-order chi connectivity index (χ1) is 16.0. The van der Waals surface area contributed by atoms with Crippen molar-refractivity contribution in [3.05, 3.63) is 47.7 Å². The van der Waals surface area contributed by atoms with E-state index in [0.29, 0.717) is 37.4 Å². The average molecular weight is 456 g/mol. The number of carbonyl (C=O) groups excluding carboxylic acids is 2. The number of hydrogen-bond acceptors (Lipinski definition) is 6. The first-order valence-corrected chi connectivity index (χ1v) is 10.8. The summed E-state index contributed by atoms with van der Waals surface area (Å²) in [6, 6.07) is 3.90. The van der Waals surface area contributed by atoms with Gasteiger partial charge in [0.15, 0.2) is 0 Å². The van der Waals surface area contributed by atoms with Gasteiger partial charge in [0, 0.05) is 49.8 Å². The number of benzene rings is 1. The standard InChI is InChI=1S/C22H22F2N6O3/c23-15-9-14(10-16(24)11-15)18-3-7-26-30(18)22(32)29-8-5-17(12-29)33-19-4-6-25-21(27-19)28-20(31)13-1-2-13/h4,6-7,9-11,13,17-18H,1-3,5,8,12H2,(H,25,27,28,31). The monoisotopic (exact) mass is 456 g/mol. The lowest BCUT2D eigenvalue weighted by molar-refractivity contribution is -0.117. The topological polar surface area (TPSA) is 100 Å². The van der Waals surface area contributed by atoms with Crippen molar-refractivity contribution in [2.24, 2.45) is 11.0 Å². The summed E-state index contributed by atoms with van der Waals surface area (Å²) >= 11 is 0. The van der Waals surface area contributed by atoms with E-state index >= 15 is 0 Å². The first kappa shape index (κ1) is 21.2. The number of ether oxygens (including phenoxy) is 1. The highest BCUT2D eigenvalue weighted by molar-refractivity contribution is 5.92. The fourth-order valence-electron chi connectivity index (χ4n) is 3.98. The normalized spacial score (nSPS) is 22.0. The Labute approximate surface area is 188 Å². The number of hydrogen-bond donors (Lipinski definition) is 1. The summed E-state index contributed by atoms with van der Waals surface area (Å²) in [5.41, 5.74) is 0.354. The Kier molecular flexibility index (Phi) is 5.61. The molecule has 3 amide bonds. The largest absolute Gasteiger partial charge is 0.472 e. The molecular formula is C22H22F2N6O3. The number of anilines is 1. The Bertz CT molecular complexity index is 1090. The number of urea groups is 1. The number of aromatic nitrogens is 2. The summed E-state index contributed by atoms with van der Waals surface area (Å²) in [5.74, 6) is -0.959. The van der Waals surface area contributed by atoms with Crippen LogP contribution in [0.4, 0.5) is 19.5 Å². The first-order valence-electron chi connectivity index (χ1n) is 10.8. The fraction of sp³-hybridized carbons (Fsp3) is 0.409. The van der Waals surface area contributed by atoms with Gasteiger partial charge < -0.3 is 9.64 Å².